The fraction of sp³-hybridized carbons (Fsp3) is 0.231. The van der Waals surface area contributed by atoms with Crippen LogP contribution in [0.4, 0.5) is 18.9 Å². The van der Waals surface area contributed by atoms with Gasteiger partial charge in [0.15, 0.2) is 11.5 Å². The van der Waals surface area contributed by atoms with E-state index in [2.05, 4.69) is 30.7 Å². The average molecular weight is 525 g/mol. The molecule has 4 aromatic rings. The van der Waals surface area contributed by atoms with Crippen molar-refractivity contribution in [1.82, 2.24) is 20.6 Å². The molecular formula is C26H22F3N5O4. The number of aromatic nitrogens is 4. The molecule has 12 heteroatoms. The molecule has 0 unspecified atom stereocenters. The number of H-pyrrole nitrogens is 1. The summed E-state index contributed by atoms with van der Waals surface area (Å²) in [6.07, 6.45) is -3.64. The van der Waals surface area contributed by atoms with Gasteiger partial charge in [0.05, 0.1) is 19.6 Å². The number of carbonyl (C=O) groups is 1. The number of rotatable bonds is 8. The molecule has 0 radical (unpaired) electrons. The monoisotopic (exact) mass is 525 g/mol. The van der Waals surface area contributed by atoms with Gasteiger partial charge in [0.25, 0.3) is 0 Å². The molecule has 1 aromatic heterocycles. The lowest BCUT2D eigenvalue weighted by Crippen LogP contribution is -2.27. The number of hydrogen-bond acceptors (Lipinski definition) is 7. The lowest BCUT2D eigenvalue weighted by atomic mass is 9.94. The Morgan fingerprint density at radius 3 is 2.29 bits per heavy atom. The number of nitrogens with zero attached hydrogens (tertiary/aromatic N) is 3. The van der Waals surface area contributed by atoms with E-state index in [0.717, 1.165) is 11.1 Å². The number of carbonyl (C=O) groups excluding carboxylic acids is 1. The zero-order valence-electron chi connectivity index (χ0n) is 20.3. The maximum atomic E-state index is 13.3. The zero-order valence-corrected chi connectivity index (χ0v) is 20.3. The Morgan fingerprint density at radius 1 is 0.947 bits per heavy atom. The summed E-state index contributed by atoms with van der Waals surface area (Å²) in [5.74, 6) is 0.845. The molecule has 196 valence electrons. The summed E-state index contributed by atoms with van der Waals surface area (Å²) in [7, 11) is 3.10. The van der Waals surface area contributed by atoms with Crippen LogP contribution < -0.4 is 19.5 Å². The number of nitrogens with one attached hydrogen (secondary N) is 2. The van der Waals surface area contributed by atoms with Crippen LogP contribution in [0.15, 0.2) is 60.7 Å². The number of alkyl halides is 3. The highest BCUT2D eigenvalue weighted by Gasteiger charge is 2.51. The Labute approximate surface area is 214 Å². The first kappa shape index (κ1) is 25.1. The molecule has 0 atom stereocenters. The molecule has 1 aliphatic carbocycles. The molecule has 1 amide bonds. The minimum absolute atomic E-state index is 0.264. The molecule has 5 rings (SSSR count). The predicted octanol–water partition coefficient (Wildman–Crippen LogP) is 5.12. The Bertz CT molecular complexity index is 1450. The highest BCUT2D eigenvalue weighted by molar-refractivity contribution is 6.02. The van der Waals surface area contributed by atoms with Crippen molar-refractivity contribution in [3.05, 3.63) is 66.2 Å². The van der Waals surface area contributed by atoms with Crippen molar-refractivity contribution in [3.63, 3.8) is 0 Å². The minimum atomic E-state index is -4.78. The maximum Gasteiger partial charge on any atom is 0.573 e. The second-order valence-corrected chi connectivity index (χ2v) is 8.67. The first-order valence-corrected chi connectivity index (χ1v) is 11.5. The van der Waals surface area contributed by atoms with Gasteiger partial charge < -0.3 is 19.5 Å². The summed E-state index contributed by atoms with van der Waals surface area (Å²) in [6, 6.07) is 16.2. The van der Waals surface area contributed by atoms with E-state index in [-0.39, 0.29) is 11.7 Å². The summed E-state index contributed by atoms with van der Waals surface area (Å²) >= 11 is 0. The number of methoxy groups -OCH3 is 2. The predicted molar refractivity (Wildman–Crippen MR) is 131 cm³/mol. The van der Waals surface area contributed by atoms with Crippen molar-refractivity contribution in [2.24, 2.45) is 0 Å². The second-order valence-electron chi connectivity index (χ2n) is 8.67. The van der Waals surface area contributed by atoms with Crippen molar-refractivity contribution in [3.8, 4) is 39.8 Å². The van der Waals surface area contributed by atoms with Crippen molar-refractivity contribution in [1.29, 1.82) is 0 Å². The Hall–Kier alpha value is -4.61. The third-order valence-electron chi connectivity index (χ3n) is 6.38. The summed E-state index contributed by atoms with van der Waals surface area (Å²) in [6.45, 7) is 0. The number of benzene rings is 3. The molecule has 2 N–H and O–H groups in total. The van der Waals surface area contributed by atoms with Gasteiger partial charge in [-0.2, -0.15) is 5.21 Å². The van der Waals surface area contributed by atoms with Gasteiger partial charge in [0.1, 0.15) is 5.75 Å². The van der Waals surface area contributed by atoms with Crippen LogP contribution >= 0.6 is 0 Å². The van der Waals surface area contributed by atoms with Crippen LogP contribution in [0.2, 0.25) is 0 Å². The van der Waals surface area contributed by atoms with Crippen LogP contribution in [-0.2, 0) is 10.2 Å². The van der Waals surface area contributed by atoms with Gasteiger partial charge in [-0.3, -0.25) is 4.79 Å². The van der Waals surface area contributed by atoms with E-state index >= 15 is 0 Å². The standard InChI is InChI=1S/C26H22F3N5O4/c1-36-21-10-3-15(13-22(21)37-2)19-9-6-17(14-20(19)23-31-33-34-32-23)30-24(35)25(11-12-25)16-4-7-18(8-5-16)38-26(27,28)29/h3-10,13-14H,11-12H2,1-2H3,(H,30,35)(H,31,32,33,34). The molecule has 3 aromatic carbocycles. The van der Waals surface area contributed by atoms with Gasteiger partial charge >= 0.3 is 6.36 Å². The molecule has 0 aliphatic heterocycles. The van der Waals surface area contributed by atoms with Crippen LogP contribution in [0.5, 0.6) is 17.2 Å². The number of anilines is 1. The van der Waals surface area contributed by atoms with E-state index in [1.54, 1.807) is 32.4 Å². The quantitative estimate of drug-likeness (QED) is 0.329. The average Bonchev–Trinajstić information content (AvgIpc) is 3.53. The maximum absolute atomic E-state index is 13.3. The molecule has 1 aliphatic rings. The first-order chi connectivity index (χ1) is 18.2. The fourth-order valence-electron chi connectivity index (χ4n) is 4.34. The SMILES string of the molecule is COc1ccc(-c2ccc(NC(=O)C3(c4ccc(OC(F)(F)F)cc4)CC3)cc2-c2nn[nH]n2)cc1OC. The Kier molecular flexibility index (Phi) is 6.39. The molecule has 1 saturated carbocycles. The largest absolute Gasteiger partial charge is 0.573 e. The van der Waals surface area contributed by atoms with E-state index in [4.69, 9.17) is 9.47 Å². The fourth-order valence-corrected chi connectivity index (χ4v) is 4.34. The highest BCUT2D eigenvalue weighted by Crippen LogP contribution is 2.49. The molecule has 1 fully saturated rings. The van der Waals surface area contributed by atoms with Gasteiger partial charge in [-0.15, -0.1) is 23.4 Å². The first-order valence-electron chi connectivity index (χ1n) is 11.5. The third-order valence-corrected chi connectivity index (χ3v) is 6.38. The molecule has 38 heavy (non-hydrogen) atoms. The van der Waals surface area contributed by atoms with Crippen molar-refractivity contribution in [2.45, 2.75) is 24.6 Å². The number of halogens is 3. The van der Waals surface area contributed by atoms with E-state index in [1.165, 1.54) is 24.3 Å². The number of tetrazole rings is 1. The molecule has 0 bridgehead atoms. The van der Waals surface area contributed by atoms with Crippen molar-refractivity contribution < 1.29 is 32.2 Å². The van der Waals surface area contributed by atoms with E-state index < -0.39 is 11.8 Å². The summed E-state index contributed by atoms with van der Waals surface area (Å²) in [4.78, 5) is 13.3. The van der Waals surface area contributed by atoms with Crippen molar-refractivity contribution >= 4 is 11.6 Å². The summed E-state index contributed by atoms with van der Waals surface area (Å²) < 4.78 is 52.2. The molecular weight excluding hydrogens is 503 g/mol. The number of ether oxygens (including phenoxy) is 3. The van der Waals surface area contributed by atoms with Gasteiger partial charge in [-0.1, -0.05) is 24.3 Å². The van der Waals surface area contributed by atoms with Crippen LogP contribution in [0.3, 0.4) is 0 Å². The van der Waals surface area contributed by atoms with Crippen LogP contribution in [0.1, 0.15) is 18.4 Å². The van der Waals surface area contributed by atoms with Gasteiger partial charge in [0, 0.05) is 11.3 Å². The van der Waals surface area contributed by atoms with E-state index in [0.29, 0.717) is 47.0 Å². The van der Waals surface area contributed by atoms with Crippen LogP contribution in [0, 0.1) is 0 Å². The molecule has 0 saturated heterocycles. The number of amides is 1. The van der Waals surface area contributed by atoms with E-state index in [1.807, 2.05) is 18.2 Å². The topological polar surface area (TPSA) is 111 Å². The normalized spacial score (nSPS) is 14.0. The van der Waals surface area contributed by atoms with Gasteiger partial charge in [-0.25, -0.2) is 0 Å². The highest BCUT2D eigenvalue weighted by atomic mass is 19.4. The van der Waals surface area contributed by atoms with Crippen molar-refractivity contribution in [2.75, 3.05) is 19.5 Å². The molecule has 1 heterocycles. The number of aromatic amines is 1. The summed E-state index contributed by atoms with van der Waals surface area (Å²) in [5.41, 5.74) is 2.48. The Balaban J connectivity index is 1.42. The Morgan fingerprint density at radius 2 is 1.68 bits per heavy atom. The van der Waals surface area contributed by atoms with Crippen LogP contribution in [0.25, 0.3) is 22.5 Å². The lowest BCUT2D eigenvalue weighted by Gasteiger charge is -2.18. The van der Waals surface area contributed by atoms with E-state index in [9.17, 15) is 18.0 Å². The lowest BCUT2D eigenvalue weighted by molar-refractivity contribution is -0.274. The summed E-state index contributed by atoms with van der Waals surface area (Å²) in [5, 5.41) is 17.2. The second kappa shape index (κ2) is 9.69. The molecule has 9 nitrogen and oxygen atoms in total. The zero-order chi connectivity index (χ0) is 26.9. The smallest absolute Gasteiger partial charge is 0.493 e. The van der Waals surface area contributed by atoms with Gasteiger partial charge in [-0.05, 0) is 71.1 Å². The third kappa shape index (κ3) is 4.97. The molecule has 0 spiro atoms. The van der Waals surface area contributed by atoms with Crippen LogP contribution in [-0.4, -0.2) is 47.1 Å². The number of hydrogen-bond donors (Lipinski definition) is 2. The minimum Gasteiger partial charge on any atom is -0.493 e. The van der Waals surface area contributed by atoms with Gasteiger partial charge in [0.2, 0.25) is 11.7 Å².